The highest BCUT2D eigenvalue weighted by atomic mass is 35.5. The first kappa shape index (κ1) is 14.0. The molecular weight excluding hydrogens is 238 g/mol. The van der Waals surface area contributed by atoms with Gasteiger partial charge in [-0.2, -0.15) is 0 Å². The topological polar surface area (TPSA) is 52.3 Å². The summed E-state index contributed by atoms with van der Waals surface area (Å²) >= 11 is 6.16. The van der Waals surface area contributed by atoms with Crippen molar-refractivity contribution in [1.82, 2.24) is 0 Å². The molecule has 0 fully saturated rings. The van der Waals surface area contributed by atoms with Crippen LogP contribution in [0, 0.1) is 13.8 Å². The lowest BCUT2D eigenvalue weighted by atomic mass is 9.90. The summed E-state index contributed by atoms with van der Waals surface area (Å²) in [6.07, 6.45) is 0. The van der Waals surface area contributed by atoms with Crippen molar-refractivity contribution in [3.8, 4) is 5.75 Å². The molecule has 1 aromatic carbocycles. The van der Waals surface area contributed by atoms with Crippen LogP contribution in [0.25, 0.3) is 0 Å². The molecule has 0 aliphatic heterocycles. The molecule has 94 valence electrons. The van der Waals surface area contributed by atoms with E-state index < -0.39 is 5.54 Å². The number of rotatable bonds is 3. The quantitative estimate of drug-likeness (QED) is 0.845. The SMILES string of the molecule is COc1cc(C)c(Cl)c(C)c1C(=O)C(C)(C)N. The number of methoxy groups -OCH3 is 1. The lowest BCUT2D eigenvalue weighted by molar-refractivity contribution is 0.0910. The number of hydrogen-bond donors (Lipinski definition) is 1. The molecule has 0 heterocycles. The molecule has 0 atom stereocenters. The Morgan fingerprint density at radius 2 is 1.94 bits per heavy atom. The van der Waals surface area contributed by atoms with E-state index in [1.807, 2.05) is 6.92 Å². The maximum Gasteiger partial charge on any atom is 0.186 e. The van der Waals surface area contributed by atoms with Crippen molar-refractivity contribution in [1.29, 1.82) is 0 Å². The molecule has 0 saturated heterocycles. The Kier molecular flexibility index (Phi) is 3.84. The molecule has 0 amide bonds. The van der Waals surface area contributed by atoms with E-state index in [2.05, 4.69) is 0 Å². The highest BCUT2D eigenvalue weighted by molar-refractivity contribution is 6.33. The van der Waals surface area contributed by atoms with Crippen molar-refractivity contribution in [3.63, 3.8) is 0 Å². The van der Waals surface area contributed by atoms with Crippen molar-refractivity contribution in [2.24, 2.45) is 5.73 Å². The summed E-state index contributed by atoms with van der Waals surface area (Å²) < 4.78 is 5.24. The van der Waals surface area contributed by atoms with Gasteiger partial charge in [0.15, 0.2) is 5.78 Å². The first-order chi connectivity index (χ1) is 7.70. The van der Waals surface area contributed by atoms with E-state index in [0.717, 1.165) is 5.56 Å². The first-order valence-corrected chi connectivity index (χ1v) is 5.75. The fraction of sp³-hybridized carbons (Fsp3) is 0.462. The maximum absolute atomic E-state index is 12.3. The number of ketones is 1. The van der Waals surface area contributed by atoms with E-state index in [-0.39, 0.29) is 5.78 Å². The molecule has 0 aromatic heterocycles. The highest BCUT2D eigenvalue weighted by Gasteiger charge is 2.29. The molecule has 17 heavy (non-hydrogen) atoms. The zero-order chi connectivity index (χ0) is 13.4. The van der Waals surface area contributed by atoms with Crippen LogP contribution in [0.2, 0.25) is 5.02 Å². The lowest BCUT2D eigenvalue weighted by Gasteiger charge is -2.21. The number of benzene rings is 1. The summed E-state index contributed by atoms with van der Waals surface area (Å²) in [5, 5.41) is 0.582. The van der Waals surface area contributed by atoms with Crippen LogP contribution in [0.15, 0.2) is 6.07 Å². The number of ether oxygens (including phenoxy) is 1. The fourth-order valence-electron chi connectivity index (χ4n) is 1.69. The Balaban J connectivity index is 3.52. The molecule has 1 rings (SSSR count). The van der Waals surface area contributed by atoms with Crippen LogP contribution in [0.1, 0.15) is 35.3 Å². The summed E-state index contributed by atoms with van der Waals surface area (Å²) in [5.74, 6) is 0.349. The van der Waals surface area contributed by atoms with Gasteiger partial charge in [0.25, 0.3) is 0 Å². The van der Waals surface area contributed by atoms with Crippen molar-refractivity contribution >= 4 is 17.4 Å². The summed E-state index contributed by atoms with van der Waals surface area (Å²) in [6, 6.07) is 1.76. The smallest absolute Gasteiger partial charge is 0.186 e. The zero-order valence-electron chi connectivity index (χ0n) is 10.8. The first-order valence-electron chi connectivity index (χ1n) is 5.37. The number of nitrogens with two attached hydrogens (primary N) is 1. The molecule has 0 bridgehead atoms. The van der Waals surface area contributed by atoms with Crippen molar-refractivity contribution in [2.45, 2.75) is 33.2 Å². The standard InChI is InChI=1S/C13H18ClNO2/c1-7-6-9(17-5)10(8(2)11(7)14)12(16)13(3,4)15/h6H,15H2,1-5H3. The van der Waals surface area contributed by atoms with E-state index in [4.69, 9.17) is 22.1 Å². The van der Waals surface area contributed by atoms with Gasteiger partial charge in [-0.15, -0.1) is 0 Å². The molecule has 0 radical (unpaired) electrons. The molecule has 4 heteroatoms. The third kappa shape index (κ3) is 2.61. The fourth-order valence-corrected chi connectivity index (χ4v) is 1.84. The van der Waals surface area contributed by atoms with Crippen LogP contribution in [0.5, 0.6) is 5.75 Å². The maximum atomic E-state index is 12.3. The van der Waals surface area contributed by atoms with Gasteiger partial charge in [0, 0.05) is 5.02 Å². The summed E-state index contributed by atoms with van der Waals surface area (Å²) in [7, 11) is 1.53. The number of Topliss-reactive ketones (excluding diaryl/α,β-unsaturated/α-hetero) is 1. The van der Waals surface area contributed by atoms with Crippen LogP contribution in [0.3, 0.4) is 0 Å². The van der Waals surface area contributed by atoms with Gasteiger partial charge in [0.2, 0.25) is 0 Å². The van der Waals surface area contributed by atoms with Gasteiger partial charge in [-0.1, -0.05) is 11.6 Å². The molecule has 1 aromatic rings. The third-order valence-electron chi connectivity index (χ3n) is 2.68. The average molecular weight is 256 g/mol. The molecule has 3 nitrogen and oxygen atoms in total. The largest absolute Gasteiger partial charge is 0.496 e. The van der Waals surface area contributed by atoms with Crippen molar-refractivity contribution in [2.75, 3.05) is 7.11 Å². The van der Waals surface area contributed by atoms with E-state index in [1.165, 1.54) is 7.11 Å². The minimum absolute atomic E-state index is 0.172. The highest BCUT2D eigenvalue weighted by Crippen LogP contribution is 2.33. The third-order valence-corrected chi connectivity index (χ3v) is 3.26. The lowest BCUT2D eigenvalue weighted by Crippen LogP contribution is -2.42. The minimum Gasteiger partial charge on any atom is -0.496 e. The summed E-state index contributed by atoms with van der Waals surface area (Å²) in [6.45, 7) is 7.01. The van der Waals surface area contributed by atoms with Gasteiger partial charge in [0.1, 0.15) is 5.75 Å². The Morgan fingerprint density at radius 1 is 1.41 bits per heavy atom. The monoisotopic (exact) mass is 255 g/mol. The number of carbonyl (C=O) groups is 1. The van der Waals surface area contributed by atoms with E-state index in [0.29, 0.717) is 21.9 Å². The number of halogens is 1. The predicted molar refractivity (Wildman–Crippen MR) is 70.1 cm³/mol. The predicted octanol–water partition coefficient (Wildman–Crippen LogP) is 2.89. The second kappa shape index (κ2) is 4.67. The summed E-state index contributed by atoms with van der Waals surface area (Å²) in [4.78, 5) is 12.3. The van der Waals surface area contributed by atoms with Crippen LogP contribution in [0.4, 0.5) is 0 Å². The molecule has 0 aliphatic carbocycles. The van der Waals surface area contributed by atoms with Gasteiger partial charge < -0.3 is 10.5 Å². The zero-order valence-corrected chi connectivity index (χ0v) is 11.6. The second-order valence-corrected chi connectivity index (χ2v) is 5.14. The molecular formula is C13H18ClNO2. The summed E-state index contributed by atoms with van der Waals surface area (Å²) in [5.41, 5.74) is 6.96. The molecule has 2 N–H and O–H groups in total. The molecule has 0 saturated carbocycles. The molecule has 0 unspecified atom stereocenters. The second-order valence-electron chi connectivity index (χ2n) is 4.76. The van der Waals surface area contributed by atoms with Gasteiger partial charge in [0.05, 0.1) is 18.2 Å². The van der Waals surface area contributed by atoms with Crippen molar-refractivity contribution in [3.05, 3.63) is 27.8 Å². The van der Waals surface area contributed by atoms with Crippen LogP contribution >= 0.6 is 11.6 Å². The van der Waals surface area contributed by atoms with Gasteiger partial charge in [-0.3, -0.25) is 4.79 Å². The van der Waals surface area contributed by atoms with Gasteiger partial charge in [-0.05, 0) is 44.9 Å². The van der Waals surface area contributed by atoms with E-state index in [9.17, 15) is 4.79 Å². The van der Waals surface area contributed by atoms with Crippen LogP contribution < -0.4 is 10.5 Å². The van der Waals surface area contributed by atoms with Crippen LogP contribution in [-0.4, -0.2) is 18.4 Å². The van der Waals surface area contributed by atoms with Gasteiger partial charge in [-0.25, -0.2) is 0 Å². The Morgan fingerprint density at radius 3 is 2.35 bits per heavy atom. The Hall–Kier alpha value is -1.06. The Bertz CT molecular complexity index is 461. The average Bonchev–Trinajstić information content (AvgIpc) is 2.23. The van der Waals surface area contributed by atoms with E-state index in [1.54, 1.807) is 26.8 Å². The molecule has 0 spiro atoms. The Labute approximate surface area is 107 Å². The number of carbonyl (C=O) groups excluding carboxylic acids is 1. The van der Waals surface area contributed by atoms with Gasteiger partial charge >= 0.3 is 0 Å². The van der Waals surface area contributed by atoms with Crippen molar-refractivity contribution < 1.29 is 9.53 Å². The normalized spacial score (nSPS) is 11.5. The number of aryl methyl sites for hydroxylation is 1. The minimum atomic E-state index is -0.948. The molecule has 0 aliphatic rings. The van der Waals surface area contributed by atoms with E-state index >= 15 is 0 Å². The van der Waals surface area contributed by atoms with Crippen LogP contribution in [-0.2, 0) is 0 Å². The number of hydrogen-bond acceptors (Lipinski definition) is 3.